The van der Waals surface area contributed by atoms with Gasteiger partial charge in [-0.2, -0.15) is 4.31 Å². The summed E-state index contributed by atoms with van der Waals surface area (Å²) in [5, 5.41) is 3.97. The van der Waals surface area contributed by atoms with E-state index < -0.39 is 10.0 Å². The van der Waals surface area contributed by atoms with E-state index in [9.17, 15) is 13.2 Å². The summed E-state index contributed by atoms with van der Waals surface area (Å²) in [6, 6.07) is 12.0. The number of aromatic nitrogens is 2. The van der Waals surface area contributed by atoms with Gasteiger partial charge in [-0.25, -0.2) is 13.4 Å². The van der Waals surface area contributed by atoms with Crippen LogP contribution in [0.1, 0.15) is 30.6 Å². The number of nitrogens with one attached hydrogen (secondary N) is 1. The zero-order chi connectivity index (χ0) is 20.9. The fraction of sp³-hybridized carbons (Fsp3) is 0.333. The van der Waals surface area contributed by atoms with Crippen molar-refractivity contribution >= 4 is 27.0 Å². The van der Waals surface area contributed by atoms with Gasteiger partial charge in [-0.3, -0.25) is 4.79 Å². The summed E-state index contributed by atoms with van der Waals surface area (Å²) in [7, 11) is -3.51. The van der Waals surface area contributed by atoms with Crippen LogP contribution < -0.4 is 5.32 Å². The Bertz CT molecular complexity index is 1070. The van der Waals surface area contributed by atoms with Crippen molar-refractivity contribution < 1.29 is 13.2 Å². The molecule has 1 aromatic carbocycles. The van der Waals surface area contributed by atoms with Crippen LogP contribution in [0.3, 0.4) is 0 Å². The van der Waals surface area contributed by atoms with Gasteiger partial charge < -0.3 is 9.88 Å². The third-order valence-corrected chi connectivity index (χ3v) is 6.91. The van der Waals surface area contributed by atoms with Crippen LogP contribution in [0.15, 0.2) is 59.8 Å². The molecule has 8 heteroatoms. The molecule has 0 saturated carbocycles. The van der Waals surface area contributed by atoms with E-state index >= 15 is 0 Å². The average Bonchev–Trinajstić information content (AvgIpc) is 3.15. The minimum Gasteiger partial charge on any atom is -0.352 e. The molecule has 0 aliphatic heterocycles. The first-order valence-electron chi connectivity index (χ1n) is 9.75. The Kier molecular flexibility index (Phi) is 6.66. The first kappa shape index (κ1) is 21.0. The molecule has 2 heterocycles. The Balaban J connectivity index is 1.54. The van der Waals surface area contributed by atoms with Crippen LogP contribution in [0.5, 0.6) is 0 Å². The first-order valence-corrected chi connectivity index (χ1v) is 11.2. The minimum atomic E-state index is -3.51. The van der Waals surface area contributed by atoms with Gasteiger partial charge in [0.15, 0.2) is 0 Å². The number of aryl methyl sites for hydroxylation is 1. The van der Waals surface area contributed by atoms with Gasteiger partial charge in [0.05, 0.1) is 4.90 Å². The lowest BCUT2D eigenvalue weighted by molar-refractivity contribution is 0.0952. The number of hydrogen-bond donors (Lipinski definition) is 1. The standard InChI is InChI=1S/C21H26N4O3S/c1-3-25(4-2)29(27,28)19-10-8-18(9-11-19)21(26)23-14-6-15-24-16-12-17-7-5-13-22-20(17)24/h5,7-13,16H,3-4,6,14-15H2,1-2H3,(H,23,26). The van der Waals surface area contributed by atoms with E-state index in [4.69, 9.17) is 0 Å². The number of benzene rings is 1. The summed E-state index contributed by atoms with van der Waals surface area (Å²) < 4.78 is 28.5. The highest BCUT2D eigenvalue weighted by molar-refractivity contribution is 7.89. The number of amides is 1. The van der Waals surface area contributed by atoms with Crippen LogP contribution >= 0.6 is 0 Å². The molecule has 0 aliphatic rings. The van der Waals surface area contributed by atoms with Gasteiger partial charge in [-0.05, 0) is 48.9 Å². The monoisotopic (exact) mass is 414 g/mol. The second-order valence-corrected chi connectivity index (χ2v) is 8.59. The number of hydrogen-bond acceptors (Lipinski definition) is 4. The lowest BCUT2D eigenvalue weighted by Crippen LogP contribution is -2.30. The molecule has 0 saturated heterocycles. The zero-order valence-electron chi connectivity index (χ0n) is 16.7. The average molecular weight is 415 g/mol. The molecule has 1 N–H and O–H groups in total. The third-order valence-electron chi connectivity index (χ3n) is 4.84. The van der Waals surface area contributed by atoms with Crippen molar-refractivity contribution in [2.45, 2.75) is 31.7 Å². The molecule has 7 nitrogen and oxygen atoms in total. The van der Waals surface area contributed by atoms with E-state index in [0.29, 0.717) is 25.2 Å². The van der Waals surface area contributed by atoms with Gasteiger partial charge in [0.1, 0.15) is 5.65 Å². The first-order chi connectivity index (χ1) is 14.0. The van der Waals surface area contributed by atoms with Crippen molar-refractivity contribution in [2.75, 3.05) is 19.6 Å². The van der Waals surface area contributed by atoms with E-state index in [1.165, 1.54) is 16.4 Å². The quantitative estimate of drug-likeness (QED) is 0.546. The second kappa shape index (κ2) is 9.19. The number of nitrogens with zero attached hydrogens (tertiary/aromatic N) is 3. The van der Waals surface area contributed by atoms with E-state index in [0.717, 1.165) is 24.0 Å². The molecule has 1 amide bonds. The number of carbonyl (C=O) groups excluding carboxylic acids is 1. The molecule has 0 fully saturated rings. The Hall–Kier alpha value is -2.71. The molecule has 0 unspecified atom stereocenters. The van der Waals surface area contributed by atoms with Gasteiger partial charge in [-0.15, -0.1) is 0 Å². The fourth-order valence-corrected chi connectivity index (χ4v) is 4.70. The Morgan fingerprint density at radius 2 is 1.83 bits per heavy atom. The molecule has 154 valence electrons. The van der Waals surface area contributed by atoms with Crippen molar-refractivity contribution in [3.05, 3.63) is 60.4 Å². The Labute approximate surface area is 171 Å². The maximum atomic E-state index is 12.5. The molecule has 29 heavy (non-hydrogen) atoms. The van der Waals surface area contributed by atoms with Gasteiger partial charge in [-0.1, -0.05) is 13.8 Å². The van der Waals surface area contributed by atoms with Crippen molar-refractivity contribution in [3.8, 4) is 0 Å². The maximum absolute atomic E-state index is 12.5. The van der Waals surface area contributed by atoms with Crippen LogP contribution in [0, 0.1) is 0 Å². The van der Waals surface area contributed by atoms with E-state index in [1.807, 2.05) is 24.4 Å². The van der Waals surface area contributed by atoms with Crippen molar-refractivity contribution in [2.24, 2.45) is 0 Å². The van der Waals surface area contributed by atoms with E-state index in [2.05, 4.69) is 14.9 Å². The van der Waals surface area contributed by atoms with Crippen LogP contribution in [0.4, 0.5) is 0 Å². The highest BCUT2D eigenvalue weighted by Gasteiger charge is 2.21. The summed E-state index contributed by atoms with van der Waals surface area (Å²) in [6.07, 6.45) is 4.53. The number of pyridine rings is 1. The van der Waals surface area contributed by atoms with E-state index in [-0.39, 0.29) is 10.8 Å². The summed E-state index contributed by atoms with van der Waals surface area (Å²) in [6.45, 7) is 5.69. The molecule has 0 aliphatic carbocycles. The number of fused-ring (bicyclic) bond motifs is 1. The number of carbonyl (C=O) groups is 1. The summed E-state index contributed by atoms with van der Waals surface area (Å²) in [5.74, 6) is -0.215. The molecular weight excluding hydrogens is 388 g/mol. The molecular formula is C21H26N4O3S. The minimum absolute atomic E-state index is 0.199. The lowest BCUT2D eigenvalue weighted by atomic mass is 10.2. The second-order valence-electron chi connectivity index (χ2n) is 6.65. The SMILES string of the molecule is CCN(CC)S(=O)(=O)c1ccc(C(=O)NCCCn2ccc3cccnc32)cc1. The van der Waals surface area contributed by atoms with Gasteiger partial charge in [0.2, 0.25) is 10.0 Å². The fourth-order valence-electron chi connectivity index (χ4n) is 3.25. The van der Waals surface area contributed by atoms with Crippen molar-refractivity contribution in [1.82, 2.24) is 19.2 Å². The summed E-state index contributed by atoms with van der Waals surface area (Å²) >= 11 is 0. The molecule has 3 rings (SSSR count). The predicted molar refractivity (Wildman–Crippen MR) is 113 cm³/mol. The van der Waals surface area contributed by atoms with Crippen molar-refractivity contribution in [3.63, 3.8) is 0 Å². The Morgan fingerprint density at radius 3 is 2.52 bits per heavy atom. The predicted octanol–water partition coefficient (Wildman–Crippen LogP) is 2.89. The molecule has 0 bridgehead atoms. The van der Waals surface area contributed by atoms with Crippen molar-refractivity contribution in [1.29, 1.82) is 0 Å². The topological polar surface area (TPSA) is 84.3 Å². The smallest absolute Gasteiger partial charge is 0.251 e. The van der Waals surface area contributed by atoms with Gasteiger partial charge in [0, 0.05) is 49.5 Å². The summed E-state index contributed by atoms with van der Waals surface area (Å²) in [5.41, 5.74) is 1.38. The normalized spacial score (nSPS) is 11.8. The van der Waals surface area contributed by atoms with Gasteiger partial charge >= 0.3 is 0 Å². The maximum Gasteiger partial charge on any atom is 0.251 e. The molecule has 0 radical (unpaired) electrons. The Morgan fingerprint density at radius 1 is 1.10 bits per heavy atom. The molecule has 2 aromatic heterocycles. The third kappa shape index (κ3) is 4.65. The summed E-state index contributed by atoms with van der Waals surface area (Å²) in [4.78, 5) is 16.9. The van der Waals surface area contributed by atoms with Crippen LogP contribution in [-0.4, -0.2) is 47.8 Å². The molecule has 0 spiro atoms. The molecule has 0 atom stereocenters. The number of rotatable bonds is 9. The van der Waals surface area contributed by atoms with Gasteiger partial charge in [0.25, 0.3) is 5.91 Å². The largest absolute Gasteiger partial charge is 0.352 e. The zero-order valence-corrected chi connectivity index (χ0v) is 17.5. The van der Waals surface area contributed by atoms with E-state index in [1.54, 1.807) is 32.2 Å². The van der Waals surface area contributed by atoms with Crippen LogP contribution in [-0.2, 0) is 16.6 Å². The van der Waals surface area contributed by atoms with Crippen LogP contribution in [0.2, 0.25) is 0 Å². The highest BCUT2D eigenvalue weighted by atomic mass is 32.2. The number of sulfonamides is 1. The lowest BCUT2D eigenvalue weighted by Gasteiger charge is -2.18. The van der Waals surface area contributed by atoms with Crippen LogP contribution in [0.25, 0.3) is 11.0 Å². The molecule has 3 aromatic rings. The highest BCUT2D eigenvalue weighted by Crippen LogP contribution is 2.16.